The summed E-state index contributed by atoms with van der Waals surface area (Å²) in [4.78, 5) is 11.8. The van der Waals surface area contributed by atoms with Gasteiger partial charge in [0.15, 0.2) is 6.29 Å². The van der Waals surface area contributed by atoms with E-state index in [4.69, 9.17) is 18.9 Å². The van der Waals surface area contributed by atoms with Crippen molar-refractivity contribution in [2.45, 2.75) is 37.0 Å². The van der Waals surface area contributed by atoms with E-state index in [0.717, 1.165) is 0 Å². The van der Waals surface area contributed by atoms with Crippen LogP contribution >= 0.6 is 0 Å². The average molecular weight is 356 g/mol. The van der Waals surface area contributed by atoms with E-state index < -0.39 is 55.5 Å². The number of aliphatic hydroxyl groups is 4. The Hall–Kier alpha value is -1.75. The molecule has 0 saturated carbocycles. The fraction of sp³-hybridized carbons (Fsp3) is 0.562. The Balaban J connectivity index is 1.78. The molecule has 4 N–H and O–H groups in total. The van der Waals surface area contributed by atoms with Crippen molar-refractivity contribution in [3.8, 4) is 0 Å². The Morgan fingerprint density at radius 2 is 2.00 bits per heavy atom. The molecule has 0 aliphatic carbocycles. The lowest BCUT2D eigenvalue weighted by Crippen LogP contribution is -2.60. The third-order valence-electron chi connectivity index (χ3n) is 4.39. The molecule has 1 saturated heterocycles. The van der Waals surface area contributed by atoms with Crippen LogP contribution in [0.25, 0.3) is 0 Å². The molecule has 3 aliphatic rings. The molecule has 7 atom stereocenters. The number of hydrogen-bond donors (Lipinski definition) is 4. The minimum absolute atomic E-state index is 0.114. The molecule has 0 aromatic carbocycles. The molecule has 0 amide bonds. The van der Waals surface area contributed by atoms with Gasteiger partial charge in [-0.2, -0.15) is 0 Å². The van der Waals surface area contributed by atoms with Gasteiger partial charge in [-0.05, 0) is 11.6 Å². The highest BCUT2D eigenvalue weighted by molar-refractivity contribution is 5.94. The predicted octanol–water partition coefficient (Wildman–Crippen LogP) is -1.67. The van der Waals surface area contributed by atoms with Gasteiger partial charge in [0.2, 0.25) is 6.29 Å². The van der Waals surface area contributed by atoms with E-state index in [9.17, 15) is 25.2 Å². The molecule has 0 aromatic rings. The van der Waals surface area contributed by atoms with Gasteiger partial charge in [-0.1, -0.05) is 6.08 Å². The van der Waals surface area contributed by atoms with Crippen LogP contribution in [-0.2, 0) is 23.7 Å². The maximum Gasteiger partial charge on any atom is 0.341 e. The van der Waals surface area contributed by atoms with Crippen molar-refractivity contribution in [2.24, 2.45) is 5.92 Å². The van der Waals surface area contributed by atoms with E-state index >= 15 is 0 Å². The first-order valence-corrected chi connectivity index (χ1v) is 7.79. The molecular formula is C16H20O9. The molecule has 0 radical (unpaired) electrons. The van der Waals surface area contributed by atoms with Crippen LogP contribution in [0.3, 0.4) is 0 Å². The zero-order valence-electron chi connectivity index (χ0n) is 13.2. The van der Waals surface area contributed by atoms with Crippen LogP contribution in [0, 0.1) is 5.92 Å². The number of esters is 1. The molecule has 9 heteroatoms. The van der Waals surface area contributed by atoms with Gasteiger partial charge >= 0.3 is 5.97 Å². The molecule has 1 fully saturated rings. The third-order valence-corrected chi connectivity index (χ3v) is 4.39. The Labute approximate surface area is 143 Å². The van der Waals surface area contributed by atoms with E-state index in [-0.39, 0.29) is 12.2 Å². The van der Waals surface area contributed by atoms with Crippen LogP contribution < -0.4 is 0 Å². The van der Waals surface area contributed by atoms with Crippen molar-refractivity contribution in [3.05, 3.63) is 36.1 Å². The summed E-state index contributed by atoms with van der Waals surface area (Å²) in [5, 5.41) is 38.9. The highest BCUT2D eigenvalue weighted by Gasteiger charge is 2.46. The number of carbonyl (C=O) groups is 1. The van der Waals surface area contributed by atoms with Gasteiger partial charge in [0.05, 0.1) is 18.1 Å². The number of cyclic esters (lactones) is 1. The van der Waals surface area contributed by atoms with Gasteiger partial charge in [-0.15, -0.1) is 6.58 Å². The minimum atomic E-state index is -1.56. The molecule has 3 heterocycles. The fourth-order valence-electron chi connectivity index (χ4n) is 2.98. The molecule has 3 aliphatic heterocycles. The summed E-state index contributed by atoms with van der Waals surface area (Å²) in [6.07, 6.45) is -3.61. The van der Waals surface area contributed by atoms with Gasteiger partial charge < -0.3 is 39.4 Å². The Bertz CT molecular complexity index is 596. The van der Waals surface area contributed by atoms with Gasteiger partial charge in [0.1, 0.15) is 37.3 Å². The number of rotatable bonds is 4. The molecule has 25 heavy (non-hydrogen) atoms. The topological polar surface area (TPSA) is 135 Å². The molecule has 138 valence electrons. The number of hydrogen-bond acceptors (Lipinski definition) is 9. The van der Waals surface area contributed by atoms with Crippen LogP contribution in [0.5, 0.6) is 0 Å². The Morgan fingerprint density at radius 3 is 2.68 bits per heavy atom. The van der Waals surface area contributed by atoms with Gasteiger partial charge in [-0.25, -0.2) is 4.79 Å². The lowest BCUT2D eigenvalue weighted by molar-refractivity contribution is -0.336. The summed E-state index contributed by atoms with van der Waals surface area (Å²) >= 11 is 0. The van der Waals surface area contributed by atoms with E-state index in [1.165, 1.54) is 12.3 Å². The molecular weight excluding hydrogens is 336 g/mol. The van der Waals surface area contributed by atoms with Crippen LogP contribution in [0.1, 0.15) is 0 Å². The second-order valence-electron chi connectivity index (χ2n) is 5.89. The largest absolute Gasteiger partial charge is 0.471 e. The smallest absolute Gasteiger partial charge is 0.341 e. The third kappa shape index (κ3) is 3.22. The highest BCUT2D eigenvalue weighted by Crippen LogP contribution is 2.35. The summed E-state index contributed by atoms with van der Waals surface area (Å²) < 4.78 is 21.2. The number of fused-ring (bicyclic) bond motifs is 1. The standard InChI is InChI=1S/C16H20O9/c1-2-7-8-3-4-22-14(21)9(8)6-23-15(7)25-16-13(20)12(19)11(18)10(5-17)24-16/h2-3,6-7,10-13,15-20H,1,4-5H2/t7-,10-,11+,12+,13+,15+,16+/m1/s1. The van der Waals surface area contributed by atoms with Crippen molar-refractivity contribution in [3.63, 3.8) is 0 Å². The quantitative estimate of drug-likeness (QED) is 0.344. The molecule has 0 unspecified atom stereocenters. The second-order valence-corrected chi connectivity index (χ2v) is 5.89. The zero-order valence-corrected chi connectivity index (χ0v) is 13.2. The second kappa shape index (κ2) is 7.24. The van der Waals surface area contributed by atoms with Gasteiger partial charge in [0.25, 0.3) is 0 Å². The fourth-order valence-corrected chi connectivity index (χ4v) is 2.98. The van der Waals surface area contributed by atoms with Crippen LogP contribution in [-0.4, -0.2) is 76.6 Å². The number of aliphatic hydroxyl groups excluding tert-OH is 4. The van der Waals surface area contributed by atoms with Gasteiger partial charge in [-0.3, -0.25) is 0 Å². The normalized spacial score (nSPS) is 41.0. The first-order valence-electron chi connectivity index (χ1n) is 7.79. The molecule has 0 spiro atoms. The molecule has 9 nitrogen and oxygen atoms in total. The molecule has 3 rings (SSSR count). The molecule has 0 aromatic heterocycles. The van der Waals surface area contributed by atoms with Crippen molar-refractivity contribution >= 4 is 5.97 Å². The van der Waals surface area contributed by atoms with Crippen LogP contribution in [0.15, 0.2) is 36.1 Å². The number of ether oxygens (including phenoxy) is 4. The van der Waals surface area contributed by atoms with E-state index in [2.05, 4.69) is 6.58 Å². The zero-order chi connectivity index (χ0) is 18.1. The van der Waals surface area contributed by atoms with Gasteiger partial charge in [0, 0.05) is 0 Å². The lowest BCUT2D eigenvalue weighted by atomic mass is 9.89. The maximum absolute atomic E-state index is 11.8. The predicted molar refractivity (Wildman–Crippen MR) is 80.5 cm³/mol. The van der Waals surface area contributed by atoms with Crippen molar-refractivity contribution in [1.82, 2.24) is 0 Å². The van der Waals surface area contributed by atoms with Crippen molar-refractivity contribution in [1.29, 1.82) is 0 Å². The first-order chi connectivity index (χ1) is 12.0. The monoisotopic (exact) mass is 356 g/mol. The number of carbonyl (C=O) groups excluding carboxylic acids is 1. The summed E-state index contributed by atoms with van der Waals surface area (Å²) in [6.45, 7) is 3.25. The Kier molecular flexibility index (Phi) is 5.23. The van der Waals surface area contributed by atoms with Crippen molar-refractivity contribution in [2.75, 3.05) is 13.2 Å². The summed E-state index contributed by atoms with van der Waals surface area (Å²) in [5.74, 6) is -1.06. The SMILES string of the molecule is C=C[C@@H]1C2=CCOC(=O)C2=CO[C@H]1O[C@@H]1O[C@H](CO)[C@H](O)[C@H](O)[C@@H]1O. The van der Waals surface area contributed by atoms with E-state index in [1.807, 2.05) is 0 Å². The highest BCUT2D eigenvalue weighted by atomic mass is 16.8. The Morgan fingerprint density at radius 1 is 1.24 bits per heavy atom. The maximum atomic E-state index is 11.8. The van der Waals surface area contributed by atoms with Crippen molar-refractivity contribution < 1.29 is 44.2 Å². The summed E-state index contributed by atoms with van der Waals surface area (Å²) in [5.41, 5.74) is 0.872. The van der Waals surface area contributed by atoms with Crippen LogP contribution in [0.4, 0.5) is 0 Å². The van der Waals surface area contributed by atoms with E-state index in [0.29, 0.717) is 5.57 Å². The average Bonchev–Trinajstić information content (AvgIpc) is 2.62. The lowest BCUT2D eigenvalue weighted by Gasteiger charge is -2.42. The van der Waals surface area contributed by atoms with Crippen LogP contribution in [0.2, 0.25) is 0 Å². The minimum Gasteiger partial charge on any atom is -0.471 e. The summed E-state index contributed by atoms with van der Waals surface area (Å²) in [7, 11) is 0. The molecule has 0 bridgehead atoms. The first kappa shape index (κ1) is 18.1. The summed E-state index contributed by atoms with van der Waals surface area (Å²) in [6, 6.07) is 0. The van der Waals surface area contributed by atoms with E-state index in [1.54, 1.807) is 6.08 Å².